The van der Waals surface area contributed by atoms with Gasteiger partial charge in [0.1, 0.15) is 5.60 Å². The molecule has 1 fully saturated rings. The summed E-state index contributed by atoms with van der Waals surface area (Å²) in [6.07, 6.45) is 2.02. The van der Waals surface area contributed by atoms with Crippen molar-refractivity contribution in [3.8, 4) is 0 Å². The fourth-order valence-corrected chi connectivity index (χ4v) is 2.61. The van der Waals surface area contributed by atoms with Gasteiger partial charge in [-0.05, 0) is 46.5 Å². The Kier molecular flexibility index (Phi) is 5.12. The molecule has 0 heterocycles. The Bertz CT molecular complexity index is 321. The van der Waals surface area contributed by atoms with Crippen LogP contribution in [-0.2, 0) is 16.0 Å². The Morgan fingerprint density at radius 1 is 1.33 bits per heavy atom. The zero-order chi connectivity index (χ0) is 13.9. The van der Waals surface area contributed by atoms with E-state index in [1.807, 2.05) is 0 Å². The molecule has 7 heteroatoms. The molecule has 106 valence electrons. The van der Waals surface area contributed by atoms with Gasteiger partial charge >= 0.3 is 6.09 Å². The standard InChI is InChI=1S/C11H22N2O4S/c1-11(2,3)17-10(14)13(18(15)16)9-6-4-8(12)5-7-9/h8-9H,4-7,12H2,1-3H3,(H,15,16). The monoisotopic (exact) mass is 278 g/mol. The van der Waals surface area contributed by atoms with Crippen molar-refractivity contribution < 1.29 is 18.3 Å². The highest BCUT2D eigenvalue weighted by molar-refractivity contribution is 7.77. The van der Waals surface area contributed by atoms with Crippen LogP contribution in [0.5, 0.6) is 0 Å². The molecule has 0 aromatic carbocycles. The first kappa shape index (κ1) is 15.4. The third kappa shape index (κ3) is 4.55. The van der Waals surface area contributed by atoms with E-state index in [1.165, 1.54) is 0 Å². The molecule has 0 radical (unpaired) electrons. The maximum absolute atomic E-state index is 11.9. The van der Waals surface area contributed by atoms with Crippen LogP contribution in [-0.4, -0.2) is 36.8 Å². The van der Waals surface area contributed by atoms with Crippen LogP contribution in [0.15, 0.2) is 0 Å². The van der Waals surface area contributed by atoms with E-state index < -0.39 is 23.0 Å². The van der Waals surface area contributed by atoms with Crippen molar-refractivity contribution in [3.63, 3.8) is 0 Å². The van der Waals surface area contributed by atoms with Crippen LogP contribution in [0.4, 0.5) is 4.79 Å². The summed E-state index contributed by atoms with van der Waals surface area (Å²) in [6.45, 7) is 5.17. The van der Waals surface area contributed by atoms with Crippen molar-refractivity contribution in [2.24, 2.45) is 5.73 Å². The van der Waals surface area contributed by atoms with Gasteiger partial charge in [-0.1, -0.05) is 0 Å². The van der Waals surface area contributed by atoms with Crippen LogP contribution in [0.25, 0.3) is 0 Å². The van der Waals surface area contributed by atoms with E-state index in [-0.39, 0.29) is 12.1 Å². The summed E-state index contributed by atoms with van der Waals surface area (Å²) in [5, 5.41) is 0. The molecule has 1 unspecified atom stereocenters. The Labute approximate surface area is 110 Å². The van der Waals surface area contributed by atoms with E-state index in [1.54, 1.807) is 20.8 Å². The summed E-state index contributed by atoms with van der Waals surface area (Å²) in [5.74, 6) is 0. The van der Waals surface area contributed by atoms with Gasteiger partial charge in [-0.25, -0.2) is 13.3 Å². The van der Waals surface area contributed by atoms with Crippen LogP contribution >= 0.6 is 0 Å². The first-order valence-corrected chi connectivity index (χ1v) is 7.16. The second-order valence-corrected chi connectivity index (χ2v) is 6.46. The van der Waals surface area contributed by atoms with Crippen LogP contribution in [0.2, 0.25) is 0 Å². The zero-order valence-electron chi connectivity index (χ0n) is 11.1. The first-order chi connectivity index (χ1) is 8.20. The number of hydrogen-bond donors (Lipinski definition) is 2. The Morgan fingerprint density at radius 3 is 2.22 bits per heavy atom. The third-order valence-corrected chi connectivity index (χ3v) is 3.60. The van der Waals surface area contributed by atoms with E-state index in [0.717, 1.165) is 17.1 Å². The van der Waals surface area contributed by atoms with Crippen molar-refractivity contribution in [1.29, 1.82) is 0 Å². The lowest BCUT2D eigenvalue weighted by molar-refractivity contribution is 0.0308. The van der Waals surface area contributed by atoms with Gasteiger partial charge in [0.15, 0.2) is 0 Å². The summed E-state index contributed by atoms with van der Waals surface area (Å²) in [5.41, 5.74) is 5.10. The van der Waals surface area contributed by atoms with Gasteiger partial charge in [0.25, 0.3) is 11.3 Å². The molecular formula is C11H22N2O4S. The first-order valence-electron chi connectivity index (χ1n) is 6.09. The summed E-state index contributed by atoms with van der Waals surface area (Å²) < 4.78 is 26.6. The molecule has 0 aliphatic heterocycles. The lowest BCUT2D eigenvalue weighted by atomic mass is 9.92. The quantitative estimate of drug-likeness (QED) is 0.749. The molecule has 1 aliphatic carbocycles. The molecule has 6 nitrogen and oxygen atoms in total. The highest BCUT2D eigenvalue weighted by atomic mass is 32.2. The number of hydrogen-bond acceptors (Lipinski definition) is 4. The molecule has 0 saturated heterocycles. The highest BCUT2D eigenvalue weighted by Gasteiger charge is 2.34. The van der Waals surface area contributed by atoms with E-state index in [9.17, 15) is 13.6 Å². The predicted molar refractivity (Wildman–Crippen MR) is 69.1 cm³/mol. The van der Waals surface area contributed by atoms with Gasteiger partial charge in [0, 0.05) is 6.04 Å². The van der Waals surface area contributed by atoms with E-state index >= 15 is 0 Å². The highest BCUT2D eigenvalue weighted by Crippen LogP contribution is 2.24. The van der Waals surface area contributed by atoms with Crippen molar-refractivity contribution in [3.05, 3.63) is 0 Å². The average Bonchev–Trinajstić information content (AvgIpc) is 2.18. The molecule has 1 rings (SSSR count). The molecule has 1 atom stereocenters. The molecule has 0 aromatic rings. The maximum Gasteiger partial charge on any atom is 0.424 e. The lowest BCUT2D eigenvalue weighted by Gasteiger charge is -2.34. The molecule has 3 N–H and O–H groups in total. The Balaban J connectivity index is 2.71. The van der Waals surface area contributed by atoms with E-state index in [0.29, 0.717) is 12.8 Å². The molecular weight excluding hydrogens is 256 g/mol. The maximum atomic E-state index is 11.9. The minimum atomic E-state index is -2.36. The average molecular weight is 278 g/mol. The van der Waals surface area contributed by atoms with Crippen LogP contribution in [0, 0.1) is 0 Å². The molecule has 0 bridgehead atoms. The second kappa shape index (κ2) is 5.99. The fourth-order valence-electron chi connectivity index (χ4n) is 1.98. The van der Waals surface area contributed by atoms with Crippen LogP contribution in [0.1, 0.15) is 46.5 Å². The van der Waals surface area contributed by atoms with Gasteiger partial charge in [-0.3, -0.25) is 4.55 Å². The summed E-state index contributed by atoms with van der Waals surface area (Å²) in [6, 6.07) is -0.153. The molecule has 0 spiro atoms. The van der Waals surface area contributed by atoms with Crippen molar-refractivity contribution in [2.75, 3.05) is 0 Å². The largest absolute Gasteiger partial charge is 0.443 e. The zero-order valence-corrected chi connectivity index (χ0v) is 11.9. The van der Waals surface area contributed by atoms with E-state index in [4.69, 9.17) is 10.5 Å². The van der Waals surface area contributed by atoms with Crippen LogP contribution in [0.3, 0.4) is 0 Å². The molecule has 18 heavy (non-hydrogen) atoms. The summed E-state index contributed by atoms with van der Waals surface area (Å²) in [7, 11) is 0. The van der Waals surface area contributed by atoms with Gasteiger partial charge in [-0.15, -0.1) is 0 Å². The molecule has 0 aromatic heterocycles. The minimum Gasteiger partial charge on any atom is -0.443 e. The predicted octanol–water partition coefficient (Wildman–Crippen LogP) is 1.63. The van der Waals surface area contributed by atoms with Gasteiger partial charge < -0.3 is 10.5 Å². The normalized spacial score (nSPS) is 26.5. The van der Waals surface area contributed by atoms with Crippen molar-refractivity contribution >= 4 is 17.4 Å². The summed E-state index contributed by atoms with van der Waals surface area (Å²) >= 11 is -2.36. The minimum absolute atomic E-state index is 0.119. The number of nitrogens with zero attached hydrogens (tertiary/aromatic N) is 1. The molecule has 1 saturated carbocycles. The van der Waals surface area contributed by atoms with E-state index in [2.05, 4.69) is 0 Å². The molecule has 1 amide bonds. The van der Waals surface area contributed by atoms with Crippen molar-refractivity contribution in [2.45, 2.75) is 64.1 Å². The Hall–Kier alpha value is -0.660. The van der Waals surface area contributed by atoms with Gasteiger partial charge in [-0.2, -0.15) is 0 Å². The fraction of sp³-hybridized carbons (Fsp3) is 0.909. The number of rotatable bonds is 2. The van der Waals surface area contributed by atoms with Gasteiger partial charge in [0.05, 0.1) is 6.04 Å². The third-order valence-electron chi connectivity index (χ3n) is 2.81. The number of ether oxygens (including phenoxy) is 1. The van der Waals surface area contributed by atoms with Gasteiger partial charge in [0.2, 0.25) is 0 Å². The summed E-state index contributed by atoms with van der Waals surface area (Å²) in [4.78, 5) is 11.9. The smallest absolute Gasteiger partial charge is 0.424 e. The number of amides is 1. The number of nitrogens with two attached hydrogens (primary N) is 1. The second-order valence-electron chi connectivity index (χ2n) is 5.61. The lowest BCUT2D eigenvalue weighted by Crippen LogP contribution is -2.46. The topological polar surface area (TPSA) is 92.9 Å². The number of carbonyl (C=O) groups is 1. The molecule has 1 aliphatic rings. The Morgan fingerprint density at radius 2 is 1.83 bits per heavy atom. The SMILES string of the molecule is CC(C)(C)OC(=O)N(C1CCC(N)CC1)S(=O)O. The van der Waals surface area contributed by atoms with Crippen molar-refractivity contribution in [1.82, 2.24) is 4.31 Å². The van der Waals surface area contributed by atoms with Crippen LogP contribution < -0.4 is 5.73 Å². The number of carbonyl (C=O) groups excluding carboxylic acids is 1.